The maximum Gasteiger partial charge on any atom is 0.0568 e. The monoisotopic (exact) mass is 235 g/mol. The number of nitrogen functional groups attached to an aromatic ring is 1. The highest BCUT2D eigenvalue weighted by Gasteiger charge is 2.09. The summed E-state index contributed by atoms with van der Waals surface area (Å²) in [6.45, 7) is 4.82. The summed E-state index contributed by atoms with van der Waals surface area (Å²) in [6.07, 6.45) is 3.80. The van der Waals surface area contributed by atoms with Crippen LogP contribution in [0.5, 0.6) is 0 Å². The minimum atomic E-state index is 0.704. The van der Waals surface area contributed by atoms with Crippen molar-refractivity contribution in [1.29, 1.82) is 0 Å². The Hall–Kier alpha value is -1.48. The van der Waals surface area contributed by atoms with Gasteiger partial charge in [0.1, 0.15) is 0 Å². The van der Waals surface area contributed by atoms with Crippen LogP contribution in [0.15, 0.2) is 24.5 Å². The zero-order chi connectivity index (χ0) is 11.7. The minimum Gasteiger partial charge on any atom is -0.398 e. The fourth-order valence-corrected chi connectivity index (χ4v) is 1.88. The molecule has 1 aromatic heterocycles. The Labute approximate surface area is 99.8 Å². The molecule has 2 N–H and O–H groups in total. The smallest absolute Gasteiger partial charge is 0.0568 e. The quantitative estimate of drug-likeness (QED) is 0.813. The van der Waals surface area contributed by atoms with Crippen LogP contribution in [0.3, 0.4) is 0 Å². The standard InChI is InChI=1S/C12H14ClN3/c1-3-16-7-9(6-15-16)10-4-5-11(14)8(2)12(10)13/h4-7H,3,14H2,1-2H3. The molecule has 0 saturated heterocycles. The summed E-state index contributed by atoms with van der Waals surface area (Å²) < 4.78 is 1.87. The fourth-order valence-electron chi connectivity index (χ4n) is 1.60. The van der Waals surface area contributed by atoms with Crippen molar-refractivity contribution in [2.24, 2.45) is 0 Å². The van der Waals surface area contributed by atoms with Crippen molar-refractivity contribution in [3.63, 3.8) is 0 Å². The van der Waals surface area contributed by atoms with Crippen LogP contribution in [0.1, 0.15) is 12.5 Å². The second-order valence-electron chi connectivity index (χ2n) is 3.73. The van der Waals surface area contributed by atoms with E-state index in [1.807, 2.05) is 43.1 Å². The van der Waals surface area contributed by atoms with E-state index in [0.29, 0.717) is 5.02 Å². The van der Waals surface area contributed by atoms with E-state index in [0.717, 1.165) is 28.9 Å². The van der Waals surface area contributed by atoms with Crippen molar-refractivity contribution in [2.75, 3.05) is 5.73 Å². The van der Waals surface area contributed by atoms with Gasteiger partial charge in [0.2, 0.25) is 0 Å². The molecule has 0 unspecified atom stereocenters. The highest BCUT2D eigenvalue weighted by molar-refractivity contribution is 6.34. The normalized spacial score (nSPS) is 10.7. The van der Waals surface area contributed by atoms with E-state index >= 15 is 0 Å². The van der Waals surface area contributed by atoms with Crippen LogP contribution in [0.25, 0.3) is 11.1 Å². The fraction of sp³-hybridized carbons (Fsp3) is 0.250. The minimum absolute atomic E-state index is 0.704. The number of anilines is 1. The van der Waals surface area contributed by atoms with E-state index in [4.69, 9.17) is 17.3 Å². The second-order valence-corrected chi connectivity index (χ2v) is 4.10. The van der Waals surface area contributed by atoms with E-state index in [9.17, 15) is 0 Å². The lowest BCUT2D eigenvalue weighted by molar-refractivity contribution is 0.660. The molecule has 0 radical (unpaired) electrons. The first-order valence-electron chi connectivity index (χ1n) is 5.21. The molecule has 84 valence electrons. The molecule has 0 aliphatic rings. The first-order chi connectivity index (χ1) is 7.63. The van der Waals surface area contributed by atoms with Crippen molar-refractivity contribution >= 4 is 17.3 Å². The molecule has 0 aliphatic carbocycles. The summed E-state index contributed by atoms with van der Waals surface area (Å²) >= 11 is 6.27. The van der Waals surface area contributed by atoms with Crippen LogP contribution < -0.4 is 5.73 Å². The Balaban J connectivity index is 2.52. The second kappa shape index (κ2) is 4.18. The van der Waals surface area contributed by atoms with E-state index in [1.165, 1.54) is 0 Å². The van der Waals surface area contributed by atoms with Crippen LogP contribution in [0.4, 0.5) is 5.69 Å². The Morgan fingerprint density at radius 3 is 2.81 bits per heavy atom. The molecular formula is C12H14ClN3. The summed E-state index contributed by atoms with van der Waals surface area (Å²) in [7, 11) is 0. The number of nitrogens with two attached hydrogens (primary N) is 1. The highest BCUT2D eigenvalue weighted by atomic mass is 35.5. The first kappa shape index (κ1) is 11.0. The van der Waals surface area contributed by atoms with Gasteiger partial charge < -0.3 is 5.73 Å². The van der Waals surface area contributed by atoms with Crippen molar-refractivity contribution in [3.05, 3.63) is 35.1 Å². The third-order valence-corrected chi connectivity index (χ3v) is 3.18. The maximum absolute atomic E-state index is 6.27. The van der Waals surface area contributed by atoms with Crippen LogP contribution in [-0.2, 0) is 6.54 Å². The number of hydrogen-bond donors (Lipinski definition) is 1. The van der Waals surface area contributed by atoms with Crippen LogP contribution in [0, 0.1) is 6.92 Å². The molecule has 3 nitrogen and oxygen atoms in total. The van der Waals surface area contributed by atoms with Crippen molar-refractivity contribution in [2.45, 2.75) is 20.4 Å². The van der Waals surface area contributed by atoms with Crippen LogP contribution in [0.2, 0.25) is 5.02 Å². The van der Waals surface area contributed by atoms with Gasteiger partial charge in [0, 0.05) is 29.6 Å². The lowest BCUT2D eigenvalue weighted by Gasteiger charge is -2.07. The van der Waals surface area contributed by atoms with Crippen LogP contribution >= 0.6 is 11.6 Å². The molecule has 1 heterocycles. The summed E-state index contributed by atoms with van der Waals surface area (Å²) in [5.74, 6) is 0. The molecule has 0 bridgehead atoms. The Kier molecular flexibility index (Phi) is 2.88. The van der Waals surface area contributed by atoms with E-state index < -0.39 is 0 Å². The summed E-state index contributed by atoms with van der Waals surface area (Å²) in [5, 5.41) is 4.94. The zero-order valence-electron chi connectivity index (χ0n) is 9.37. The largest absolute Gasteiger partial charge is 0.398 e. The van der Waals surface area contributed by atoms with E-state index in [1.54, 1.807) is 0 Å². The molecular weight excluding hydrogens is 222 g/mol. The SMILES string of the molecule is CCn1cc(-c2ccc(N)c(C)c2Cl)cn1. The Morgan fingerprint density at radius 2 is 2.19 bits per heavy atom. The molecule has 4 heteroatoms. The van der Waals surface area contributed by atoms with Gasteiger partial charge in [0.05, 0.1) is 11.2 Å². The van der Waals surface area contributed by atoms with Gasteiger partial charge in [-0.15, -0.1) is 0 Å². The Bertz CT molecular complexity index is 517. The third-order valence-electron chi connectivity index (χ3n) is 2.70. The third kappa shape index (κ3) is 1.78. The molecule has 0 fully saturated rings. The molecule has 2 aromatic rings. The summed E-state index contributed by atoms with van der Waals surface area (Å²) in [6, 6.07) is 3.81. The number of benzene rings is 1. The molecule has 16 heavy (non-hydrogen) atoms. The molecule has 2 rings (SSSR count). The molecule has 0 saturated carbocycles. The number of nitrogens with zero attached hydrogens (tertiary/aromatic N) is 2. The zero-order valence-corrected chi connectivity index (χ0v) is 10.1. The van der Waals surface area contributed by atoms with Gasteiger partial charge in [-0.25, -0.2) is 0 Å². The number of aryl methyl sites for hydroxylation is 1. The highest BCUT2D eigenvalue weighted by Crippen LogP contribution is 2.32. The van der Waals surface area contributed by atoms with Gasteiger partial charge in [-0.3, -0.25) is 4.68 Å². The number of aromatic nitrogens is 2. The predicted molar refractivity (Wildman–Crippen MR) is 67.5 cm³/mol. The van der Waals surface area contributed by atoms with Gasteiger partial charge in [0.25, 0.3) is 0 Å². The number of rotatable bonds is 2. The summed E-state index contributed by atoms with van der Waals surface area (Å²) in [5.41, 5.74) is 9.44. The van der Waals surface area contributed by atoms with Gasteiger partial charge in [0.15, 0.2) is 0 Å². The van der Waals surface area contributed by atoms with Gasteiger partial charge in [-0.1, -0.05) is 17.7 Å². The molecule has 0 spiro atoms. The van der Waals surface area contributed by atoms with Crippen LogP contribution in [-0.4, -0.2) is 9.78 Å². The molecule has 0 aliphatic heterocycles. The molecule has 0 amide bonds. The summed E-state index contributed by atoms with van der Waals surface area (Å²) in [4.78, 5) is 0. The van der Waals surface area contributed by atoms with Gasteiger partial charge in [-0.05, 0) is 25.5 Å². The molecule has 0 atom stereocenters. The Morgan fingerprint density at radius 1 is 1.44 bits per heavy atom. The van der Waals surface area contributed by atoms with Gasteiger partial charge in [-0.2, -0.15) is 5.10 Å². The lowest BCUT2D eigenvalue weighted by Crippen LogP contribution is -1.93. The maximum atomic E-state index is 6.27. The molecule has 1 aromatic carbocycles. The van der Waals surface area contributed by atoms with Crippen molar-refractivity contribution in [3.8, 4) is 11.1 Å². The van der Waals surface area contributed by atoms with Crippen molar-refractivity contribution < 1.29 is 0 Å². The van der Waals surface area contributed by atoms with E-state index in [2.05, 4.69) is 5.10 Å². The average Bonchev–Trinajstić information content (AvgIpc) is 2.74. The van der Waals surface area contributed by atoms with E-state index in [-0.39, 0.29) is 0 Å². The topological polar surface area (TPSA) is 43.8 Å². The number of hydrogen-bond acceptors (Lipinski definition) is 2. The first-order valence-corrected chi connectivity index (χ1v) is 5.58. The lowest BCUT2D eigenvalue weighted by atomic mass is 10.1. The van der Waals surface area contributed by atoms with Gasteiger partial charge >= 0.3 is 0 Å². The predicted octanol–water partition coefficient (Wildman–Crippen LogP) is 3.11. The average molecular weight is 236 g/mol. The number of halogens is 1. The van der Waals surface area contributed by atoms with Crippen molar-refractivity contribution in [1.82, 2.24) is 9.78 Å².